The van der Waals surface area contributed by atoms with Gasteiger partial charge in [-0.1, -0.05) is 19.3 Å². The Morgan fingerprint density at radius 2 is 1.78 bits per heavy atom. The van der Waals surface area contributed by atoms with Crippen LogP contribution in [0, 0.1) is 0 Å². The van der Waals surface area contributed by atoms with Crippen LogP contribution in [0.5, 0.6) is 5.75 Å². The Morgan fingerprint density at radius 3 is 2.52 bits per heavy atom. The average Bonchev–Trinajstić information content (AvgIpc) is 3.12. The summed E-state index contributed by atoms with van der Waals surface area (Å²) in [5.74, 6) is 2.20. The molecule has 1 aromatic rings. The fourth-order valence-corrected chi connectivity index (χ4v) is 4.29. The van der Waals surface area contributed by atoms with Gasteiger partial charge < -0.3 is 15.0 Å². The average molecular weight is 440 g/mol. The molecule has 0 unspecified atom stereocenters. The minimum atomic E-state index is 0. The van der Waals surface area contributed by atoms with Gasteiger partial charge in [0.2, 0.25) is 0 Å². The number of rotatable bonds is 5. The van der Waals surface area contributed by atoms with Gasteiger partial charge >= 0.3 is 0 Å². The lowest BCUT2D eigenvalue weighted by molar-refractivity contribution is 0.248. The lowest BCUT2D eigenvalue weighted by Gasteiger charge is -2.36. The number of hydrogen-bond donors (Lipinski definition) is 1. The maximum Gasteiger partial charge on any atom is 0.135 e. The van der Waals surface area contributed by atoms with Crippen LogP contribution in [0.4, 0.5) is 5.82 Å². The van der Waals surface area contributed by atoms with E-state index >= 15 is 0 Å². The Hall–Kier alpha value is -0.460. The number of piperazine rings is 1. The Balaban J connectivity index is 0.00000121. The molecular formula is C19H33Cl3N4O. The first-order valence-corrected chi connectivity index (χ1v) is 9.71. The summed E-state index contributed by atoms with van der Waals surface area (Å²) in [7, 11) is 0. The third-order valence-corrected chi connectivity index (χ3v) is 5.74. The van der Waals surface area contributed by atoms with Crippen molar-refractivity contribution in [3.63, 3.8) is 0 Å². The van der Waals surface area contributed by atoms with Crippen LogP contribution in [0.3, 0.4) is 0 Å². The number of nitrogens with zero attached hydrogens (tertiary/aromatic N) is 3. The topological polar surface area (TPSA) is 40.6 Å². The van der Waals surface area contributed by atoms with E-state index in [-0.39, 0.29) is 37.2 Å². The fourth-order valence-electron chi connectivity index (χ4n) is 4.29. The molecule has 2 fully saturated rings. The molecule has 1 saturated heterocycles. The third kappa shape index (κ3) is 6.26. The van der Waals surface area contributed by atoms with E-state index in [4.69, 9.17) is 4.74 Å². The quantitative estimate of drug-likeness (QED) is 0.762. The summed E-state index contributed by atoms with van der Waals surface area (Å²) >= 11 is 0. The fraction of sp³-hybridized carbons (Fsp3) is 0.737. The van der Waals surface area contributed by atoms with Crippen molar-refractivity contribution in [2.45, 2.75) is 44.6 Å². The molecule has 156 valence electrons. The first-order chi connectivity index (χ1) is 11.9. The van der Waals surface area contributed by atoms with Gasteiger partial charge in [0.25, 0.3) is 0 Å². The second kappa shape index (κ2) is 12.2. The largest absolute Gasteiger partial charge is 0.493 e. The van der Waals surface area contributed by atoms with Crippen LogP contribution in [0.2, 0.25) is 0 Å². The zero-order valence-corrected chi connectivity index (χ0v) is 18.3. The smallest absolute Gasteiger partial charge is 0.135 e. The first-order valence-electron chi connectivity index (χ1n) is 9.71. The molecule has 0 aromatic carbocycles. The molecule has 1 aliphatic carbocycles. The predicted octanol–water partition coefficient (Wildman–Crippen LogP) is 3.33. The summed E-state index contributed by atoms with van der Waals surface area (Å²) in [6.45, 7) is 7.54. The molecule has 8 heteroatoms. The van der Waals surface area contributed by atoms with E-state index < -0.39 is 0 Å². The molecular weight excluding hydrogens is 407 g/mol. The molecule has 3 heterocycles. The van der Waals surface area contributed by atoms with E-state index in [1.165, 1.54) is 44.2 Å². The van der Waals surface area contributed by atoms with E-state index in [1.807, 2.05) is 12.3 Å². The monoisotopic (exact) mass is 438 g/mol. The minimum absolute atomic E-state index is 0. The lowest BCUT2D eigenvalue weighted by atomic mass is 9.95. The van der Waals surface area contributed by atoms with Gasteiger partial charge in [0.05, 0.1) is 6.61 Å². The maximum atomic E-state index is 5.68. The van der Waals surface area contributed by atoms with Crippen LogP contribution in [0.1, 0.15) is 37.7 Å². The van der Waals surface area contributed by atoms with Crippen molar-refractivity contribution in [3.05, 3.63) is 17.8 Å². The number of pyridine rings is 1. The Morgan fingerprint density at radius 1 is 1.04 bits per heavy atom. The predicted molar refractivity (Wildman–Crippen MR) is 119 cm³/mol. The molecule has 1 aromatic heterocycles. The molecule has 0 bridgehead atoms. The Bertz CT molecular complexity index is 550. The molecule has 2 aliphatic heterocycles. The van der Waals surface area contributed by atoms with Gasteiger partial charge in [0, 0.05) is 63.5 Å². The van der Waals surface area contributed by atoms with Crippen molar-refractivity contribution in [2.24, 2.45) is 0 Å². The van der Waals surface area contributed by atoms with Crippen molar-refractivity contribution in [2.75, 3.05) is 50.8 Å². The molecule has 0 radical (unpaired) electrons. The number of aromatic nitrogens is 1. The Labute approximate surface area is 181 Å². The number of fused-ring (bicyclic) bond motifs is 1. The summed E-state index contributed by atoms with van der Waals surface area (Å²) in [6.07, 6.45) is 9.90. The highest BCUT2D eigenvalue weighted by molar-refractivity contribution is 5.86. The van der Waals surface area contributed by atoms with Gasteiger partial charge in [-0.15, -0.1) is 37.2 Å². The normalized spacial score (nSPS) is 19.9. The number of nitrogens with one attached hydrogen (secondary N) is 1. The van der Waals surface area contributed by atoms with Gasteiger partial charge in [-0.25, -0.2) is 4.98 Å². The van der Waals surface area contributed by atoms with Gasteiger partial charge in [-0.2, -0.15) is 0 Å². The number of hydrogen-bond acceptors (Lipinski definition) is 5. The molecule has 0 atom stereocenters. The number of anilines is 1. The van der Waals surface area contributed by atoms with Gasteiger partial charge in [-0.3, -0.25) is 4.90 Å². The molecule has 0 spiro atoms. The highest BCUT2D eigenvalue weighted by Gasteiger charge is 2.24. The van der Waals surface area contributed by atoms with Crippen molar-refractivity contribution in [3.8, 4) is 5.75 Å². The van der Waals surface area contributed by atoms with Crippen LogP contribution < -0.4 is 15.0 Å². The Kier molecular flexibility index (Phi) is 11.1. The molecule has 3 aliphatic rings. The zero-order chi connectivity index (χ0) is 16.2. The van der Waals surface area contributed by atoms with E-state index in [2.05, 4.69) is 20.1 Å². The van der Waals surface area contributed by atoms with Crippen molar-refractivity contribution >= 4 is 43.0 Å². The highest BCUT2D eigenvalue weighted by atomic mass is 35.5. The maximum absolute atomic E-state index is 5.68. The van der Waals surface area contributed by atoms with Crippen molar-refractivity contribution in [1.82, 2.24) is 15.2 Å². The van der Waals surface area contributed by atoms with Crippen LogP contribution in [-0.2, 0) is 6.42 Å². The van der Waals surface area contributed by atoms with Crippen LogP contribution in [0.15, 0.2) is 12.3 Å². The van der Waals surface area contributed by atoms with E-state index in [0.717, 1.165) is 63.4 Å². The van der Waals surface area contributed by atoms with Gasteiger partial charge in [0.15, 0.2) is 0 Å². The summed E-state index contributed by atoms with van der Waals surface area (Å²) < 4.78 is 5.68. The van der Waals surface area contributed by atoms with Gasteiger partial charge in [0.1, 0.15) is 11.6 Å². The third-order valence-electron chi connectivity index (χ3n) is 5.74. The summed E-state index contributed by atoms with van der Waals surface area (Å²) in [6, 6.07) is 2.77. The number of halogens is 3. The molecule has 1 N–H and O–H groups in total. The van der Waals surface area contributed by atoms with Crippen LogP contribution in [-0.4, -0.2) is 61.8 Å². The molecule has 5 nitrogen and oxygen atoms in total. The number of ether oxygens (including phenoxy) is 1. The first kappa shape index (κ1) is 24.6. The zero-order valence-electron chi connectivity index (χ0n) is 15.9. The minimum Gasteiger partial charge on any atom is -0.493 e. The summed E-state index contributed by atoms with van der Waals surface area (Å²) in [5.41, 5.74) is 1.31. The standard InChI is InChI=1S/C19H30N4O.3ClH/c1-2-4-16(5-3-1)20-9-10-22-11-13-23(14-12-22)19-17-7-15-24-18(17)6-8-21-19;;;/h6,8,16,20H,1-5,7,9-15H2;3*1H. The van der Waals surface area contributed by atoms with Gasteiger partial charge in [-0.05, 0) is 18.9 Å². The van der Waals surface area contributed by atoms with Crippen LogP contribution in [0.25, 0.3) is 0 Å². The molecule has 4 rings (SSSR count). The molecule has 1 saturated carbocycles. The molecule has 0 amide bonds. The second-order valence-corrected chi connectivity index (χ2v) is 7.33. The molecule has 27 heavy (non-hydrogen) atoms. The summed E-state index contributed by atoms with van der Waals surface area (Å²) in [5, 5.41) is 3.76. The highest BCUT2D eigenvalue weighted by Crippen LogP contribution is 2.32. The van der Waals surface area contributed by atoms with Crippen molar-refractivity contribution in [1.29, 1.82) is 0 Å². The van der Waals surface area contributed by atoms with E-state index in [0.29, 0.717) is 0 Å². The summed E-state index contributed by atoms with van der Waals surface area (Å²) in [4.78, 5) is 9.67. The van der Waals surface area contributed by atoms with E-state index in [9.17, 15) is 0 Å². The van der Waals surface area contributed by atoms with E-state index in [1.54, 1.807) is 0 Å². The lowest BCUT2D eigenvalue weighted by Crippen LogP contribution is -2.49. The van der Waals surface area contributed by atoms with Crippen LogP contribution >= 0.6 is 37.2 Å². The van der Waals surface area contributed by atoms with Crippen molar-refractivity contribution < 1.29 is 4.74 Å². The second-order valence-electron chi connectivity index (χ2n) is 7.33. The SMILES string of the molecule is Cl.Cl.Cl.c1cc2c(c(N3CCN(CCNC4CCCCC4)CC3)n1)CCO2.